The van der Waals surface area contributed by atoms with Crippen molar-refractivity contribution >= 4 is 5.91 Å². The van der Waals surface area contributed by atoms with Crippen molar-refractivity contribution in [1.29, 1.82) is 0 Å². The van der Waals surface area contributed by atoms with E-state index >= 15 is 0 Å². The average molecular weight is 153 g/mol. The predicted octanol–water partition coefficient (Wildman–Crippen LogP) is -0.231. The van der Waals surface area contributed by atoms with Crippen LogP contribution < -0.4 is 5.32 Å². The molecule has 1 N–H and O–H groups in total. The number of ether oxygens (including phenoxy) is 1. The number of hydrogen-bond acceptors (Lipinski definition) is 2. The molecule has 1 rings (SSSR count). The third kappa shape index (κ3) is 1.22. The third-order valence-corrected chi connectivity index (χ3v) is 2.02. The lowest BCUT2D eigenvalue weighted by Crippen LogP contribution is -2.61. The molecule has 1 saturated heterocycles. The lowest BCUT2D eigenvalue weighted by atomic mass is 9.87. The first-order chi connectivity index (χ1) is 5.20. The van der Waals surface area contributed by atoms with Crippen molar-refractivity contribution in [3.8, 4) is 12.3 Å². The Kier molecular flexibility index (Phi) is 2.16. The van der Waals surface area contributed by atoms with E-state index in [1.807, 2.05) is 6.92 Å². The summed E-state index contributed by atoms with van der Waals surface area (Å²) < 4.78 is 5.00. The number of rotatable bonds is 2. The fourth-order valence-corrected chi connectivity index (χ4v) is 1.17. The van der Waals surface area contributed by atoms with Gasteiger partial charge in [-0.2, -0.15) is 0 Å². The molecular formula is C8H11NO2. The Morgan fingerprint density at radius 1 is 1.82 bits per heavy atom. The topological polar surface area (TPSA) is 38.3 Å². The van der Waals surface area contributed by atoms with Gasteiger partial charge in [0, 0.05) is 7.11 Å². The molecule has 0 saturated carbocycles. The first kappa shape index (κ1) is 8.09. The molecule has 0 aliphatic carbocycles. The molecular weight excluding hydrogens is 142 g/mol. The fourth-order valence-electron chi connectivity index (χ4n) is 1.17. The summed E-state index contributed by atoms with van der Waals surface area (Å²) in [6.45, 7) is 1.84. The summed E-state index contributed by atoms with van der Waals surface area (Å²) in [7, 11) is 1.57. The van der Waals surface area contributed by atoms with Gasteiger partial charge < -0.3 is 10.1 Å². The molecule has 0 aromatic rings. The summed E-state index contributed by atoms with van der Waals surface area (Å²) in [6.07, 6.45) is 5.07. The largest absolute Gasteiger partial charge is 0.381 e. The highest BCUT2D eigenvalue weighted by atomic mass is 16.5. The molecule has 1 unspecified atom stereocenters. The Hall–Kier alpha value is -1.01. The van der Waals surface area contributed by atoms with Crippen LogP contribution in [0.4, 0.5) is 0 Å². The zero-order chi connectivity index (χ0) is 8.43. The smallest absolute Gasteiger partial charge is 0.229 e. The van der Waals surface area contributed by atoms with Gasteiger partial charge in [-0.05, 0) is 6.92 Å². The van der Waals surface area contributed by atoms with Crippen LogP contribution >= 0.6 is 0 Å². The Morgan fingerprint density at radius 3 is 2.82 bits per heavy atom. The van der Waals surface area contributed by atoms with Crippen molar-refractivity contribution in [2.75, 3.05) is 7.11 Å². The van der Waals surface area contributed by atoms with Gasteiger partial charge in [-0.15, -0.1) is 6.42 Å². The van der Waals surface area contributed by atoms with Crippen molar-refractivity contribution in [3.63, 3.8) is 0 Å². The number of carbonyl (C=O) groups excluding carboxylic acids is 1. The van der Waals surface area contributed by atoms with E-state index < -0.39 is 0 Å². The van der Waals surface area contributed by atoms with E-state index in [9.17, 15) is 4.79 Å². The van der Waals surface area contributed by atoms with Crippen LogP contribution in [0.15, 0.2) is 0 Å². The van der Waals surface area contributed by atoms with Crippen molar-refractivity contribution in [2.45, 2.75) is 19.1 Å². The minimum Gasteiger partial charge on any atom is -0.381 e. The van der Waals surface area contributed by atoms with E-state index in [2.05, 4.69) is 11.2 Å². The highest BCUT2D eigenvalue weighted by Crippen LogP contribution is 2.19. The molecule has 1 aliphatic rings. The molecule has 1 amide bonds. The van der Waals surface area contributed by atoms with Crippen molar-refractivity contribution < 1.29 is 9.53 Å². The van der Waals surface area contributed by atoms with Crippen molar-refractivity contribution in [3.05, 3.63) is 0 Å². The summed E-state index contributed by atoms with van der Waals surface area (Å²) in [4.78, 5) is 10.9. The van der Waals surface area contributed by atoms with Gasteiger partial charge in [0.15, 0.2) is 0 Å². The normalized spacial score (nSPS) is 31.5. The lowest BCUT2D eigenvalue weighted by Gasteiger charge is -2.36. The van der Waals surface area contributed by atoms with Crippen LogP contribution in [0.1, 0.15) is 6.92 Å². The van der Waals surface area contributed by atoms with Crippen LogP contribution in [0, 0.1) is 18.3 Å². The molecule has 1 heterocycles. The number of hydrogen-bond donors (Lipinski definition) is 1. The Morgan fingerprint density at radius 2 is 2.45 bits per heavy atom. The Bertz CT molecular complexity index is 207. The van der Waals surface area contributed by atoms with Gasteiger partial charge in [0.05, 0.1) is 12.0 Å². The summed E-state index contributed by atoms with van der Waals surface area (Å²) in [6, 6.07) is -0.141. The zero-order valence-electron chi connectivity index (χ0n) is 6.63. The van der Waals surface area contributed by atoms with Gasteiger partial charge in [-0.3, -0.25) is 4.79 Å². The average Bonchev–Trinajstić information content (AvgIpc) is 1.99. The molecule has 0 bridgehead atoms. The maximum atomic E-state index is 10.9. The second-order valence-corrected chi connectivity index (χ2v) is 2.62. The van der Waals surface area contributed by atoms with E-state index in [0.717, 1.165) is 0 Å². The van der Waals surface area contributed by atoms with Crippen LogP contribution in [0.25, 0.3) is 0 Å². The summed E-state index contributed by atoms with van der Waals surface area (Å²) in [5.74, 6) is 2.31. The number of carbonyl (C=O) groups is 1. The number of β-lactam (4-membered cyclic amide) rings is 1. The molecule has 0 aromatic carbocycles. The van der Waals surface area contributed by atoms with Crippen LogP contribution in [0.2, 0.25) is 0 Å². The van der Waals surface area contributed by atoms with E-state index in [1.165, 1.54) is 0 Å². The van der Waals surface area contributed by atoms with Crippen LogP contribution in [-0.2, 0) is 9.53 Å². The monoisotopic (exact) mass is 153 g/mol. The molecule has 1 fully saturated rings. The van der Waals surface area contributed by atoms with Crippen LogP contribution in [0.3, 0.4) is 0 Å². The molecule has 1 aliphatic heterocycles. The van der Waals surface area contributed by atoms with Gasteiger partial charge in [-0.1, -0.05) is 5.92 Å². The second kappa shape index (κ2) is 2.93. The second-order valence-electron chi connectivity index (χ2n) is 2.62. The first-order valence-corrected chi connectivity index (χ1v) is 3.50. The maximum absolute atomic E-state index is 10.9. The zero-order valence-corrected chi connectivity index (χ0v) is 6.63. The molecule has 3 heteroatoms. The Balaban J connectivity index is 2.56. The Labute approximate surface area is 66.1 Å². The summed E-state index contributed by atoms with van der Waals surface area (Å²) in [5.41, 5.74) is 0. The van der Waals surface area contributed by atoms with E-state index in [1.54, 1.807) is 7.11 Å². The number of amides is 1. The highest BCUT2D eigenvalue weighted by molar-refractivity contribution is 5.87. The number of terminal acetylenes is 1. The standard InChI is InChI=1S/C8H11NO2/c1-4-6-7(5(2)11-3)8(10)9-6/h1,5-7H,2-3H3,(H,9,10)/t5?,6-,7+/m1/s1. The molecule has 3 atom stereocenters. The number of methoxy groups -OCH3 is 1. The molecule has 0 radical (unpaired) electrons. The minimum absolute atomic E-state index is 0.0118. The van der Waals surface area contributed by atoms with E-state index in [4.69, 9.17) is 11.2 Å². The maximum Gasteiger partial charge on any atom is 0.229 e. The molecule has 60 valence electrons. The number of nitrogens with one attached hydrogen (secondary N) is 1. The van der Waals surface area contributed by atoms with Crippen molar-refractivity contribution in [1.82, 2.24) is 5.32 Å². The predicted molar refractivity (Wildman–Crippen MR) is 40.7 cm³/mol. The third-order valence-electron chi connectivity index (χ3n) is 2.02. The van der Waals surface area contributed by atoms with Crippen LogP contribution in [0.5, 0.6) is 0 Å². The molecule has 0 aromatic heterocycles. The first-order valence-electron chi connectivity index (χ1n) is 3.50. The van der Waals surface area contributed by atoms with E-state index in [0.29, 0.717) is 0 Å². The molecule has 11 heavy (non-hydrogen) atoms. The summed E-state index contributed by atoms with van der Waals surface area (Å²) in [5, 5.41) is 2.60. The van der Waals surface area contributed by atoms with Gasteiger partial charge in [0.1, 0.15) is 6.04 Å². The van der Waals surface area contributed by atoms with Crippen LogP contribution in [-0.4, -0.2) is 25.2 Å². The van der Waals surface area contributed by atoms with Gasteiger partial charge in [-0.25, -0.2) is 0 Å². The van der Waals surface area contributed by atoms with Crippen molar-refractivity contribution in [2.24, 2.45) is 5.92 Å². The van der Waals surface area contributed by atoms with Gasteiger partial charge in [0.25, 0.3) is 0 Å². The van der Waals surface area contributed by atoms with Gasteiger partial charge >= 0.3 is 0 Å². The van der Waals surface area contributed by atoms with E-state index in [-0.39, 0.29) is 24.0 Å². The highest BCUT2D eigenvalue weighted by Gasteiger charge is 2.41. The SMILES string of the molecule is C#C[C@H]1NC(=O)[C@H]1C(C)OC. The lowest BCUT2D eigenvalue weighted by molar-refractivity contribution is -0.139. The van der Waals surface area contributed by atoms with Gasteiger partial charge in [0.2, 0.25) is 5.91 Å². The molecule has 3 nitrogen and oxygen atoms in total. The fraction of sp³-hybridized carbons (Fsp3) is 0.625. The molecule has 0 spiro atoms. The summed E-state index contributed by atoms with van der Waals surface area (Å²) >= 11 is 0. The quantitative estimate of drug-likeness (QED) is 0.439. The minimum atomic E-state index is -0.162.